The number of esters is 1. The lowest BCUT2D eigenvalue weighted by molar-refractivity contribution is -0.134. The van der Waals surface area contributed by atoms with Crippen molar-refractivity contribution in [3.05, 3.63) is 39.4 Å². The molecule has 0 amide bonds. The van der Waals surface area contributed by atoms with E-state index in [1.165, 1.54) is 4.31 Å². The van der Waals surface area contributed by atoms with Gasteiger partial charge in [0.05, 0.1) is 4.90 Å². The van der Waals surface area contributed by atoms with Crippen molar-refractivity contribution in [2.75, 3.05) is 10.8 Å². The number of ether oxygens (including phenoxy) is 2. The topological polar surface area (TPSA) is 85.8 Å². The van der Waals surface area contributed by atoms with Crippen LogP contribution in [-0.2, 0) is 27.7 Å². The molecular formula is C28H38N2O5S. The molecule has 0 saturated heterocycles. The first-order chi connectivity index (χ1) is 16.9. The minimum absolute atomic E-state index is 0.183. The number of benzene rings is 1. The molecule has 0 unspecified atom stereocenters. The number of aryl methyl sites for hydroxylation is 2. The van der Waals surface area contributed by atoms with Gasteiger partial charge >= 0.3 is 5.97 Å². The van der Waals surface area contributed by atoms with Crippen molar-refractivity contribution in [1.29, 1.82) is 0 Å². The zero-order valence-electron chi connectivity index (χ0n) is 22.6. The lowest BCUT2D eigenvalue weighted by Crippen LogP contribution is -2.38. The van der Waals surface area contributed by atoms with Gasteiger partial charge in [-0.3, -0.25) is 4.79 Å². The number of carbonyl (C=O) groups excluding carboxylic acids is 1. The maximum atomic E-state index is 14.3. The number of fused-ring (bicyclic) bond motifs is 2. The smallest absolute Gasteiger partial charge is 0.312 e. The molecule has 3 heterocycles. The van der Waals surface area contributed by atoms with Crippen molar-refractivity contribution < 1.29 is 22.7 Å². The van der Waals surface area contributed by atoms with Gasteiger partial charge in [-0.25, -0.2) is 12.7 Å². The lowest BCUT2D eigenvalue weighted by atomic mass is 9.88. The quantitative estimate of drug-likeness (QED) is 0.463. The predicted octanol–water partition coefficient (Wildman–Crippen LogP) is 5.66. The number of sulfonamides is 1. The van der Waals surface area contributed by atoms with E-state index < -0.39 is 10.0 Å². The Morgan fingerprint density at radius 3 is 2.56 bits per heavy atom. The summed E-state index contributed by atoms with van der Waals surface area (Å²) in [5.41, 5.74) is 4.58. The molecule has 8 heteroatoms. The molecule has 2 aliphatic heterocycles. The molecule has 36 heavy (non-hydrogen) atoms. The van der Waals surface area contributed by atoms with E-state index in [2.05, 4.69) is 18.8 Å². The molecule has 2 aliphatic rings. The first-order valence-corrected chi connectivity index (χ1v) is 14.4. The van der Waals surface area contributed by atoms with Crippen molar-refractivity contribution in [2.45, 2.75) is 104 Å². The van der Waals surface area contributed by atoms with Crippen LogP contribution in [0.2, 0.25) is 0 Å². The third kappa shape index (κ3) is 4.72. The Morgan fingerprint density at radius 1 is 1.14 bits per heavy atom. The summed E-state index contributed by atoms with van der Waals surface area (Å²) < 4.78 is 41.8. The number of hydrogen-bond donors (Lipinski definition) is 0. The van der Waals surface area contributed by atoms with Gasteiger partial charge in [0.1, 0.15) is 17.2 Å². The van der Waals surface area contributed by atoms with Crippen LogP contribution in [0.4, 0.5) is 5.82 Å². The summed E-state index contributed by atoms with van der Waals surface area (Å²) in [7, 11) is -3.92. The molecule has 0 N–H and O–H groups in total. The second-order valence-electron chi connectivity index (χ2n) is 10.7. The molecular weight excluding hydrogens is 476 g/mol. The Labute approximate surface area is 215 Å². The average Bonchev–Trinajstić information content (AvgIpc) is 2.80. The lowest BCUT2D eigenvalue weighted by Gasteiger charge is -2.36. The Balaban J connectivity index is 1.79. The number of pyridine rings is 1. The summed E-state index contributed by atoms with van der Waals surface area (Å²) in [5, 5.41) is 0. The van der Waals surface area contributed by atoms with E-state index in [0.717, 1.165) is 65.7 Å². The van der Waals surface area contributed by atoms with E-state index in [-0.39, 0.29) is 17.5 Å². The highest BCUT2D eigenvalue weighted by Gasteiger charge is 2.38. The summed E-state index contributed by atoms with van der Waals surface area (Å²) in [4.78, 5) is 17.2. The van der Waals surface area contributed by atoms with Gasteiger partial charge in [0, 0.05) is 18.5 Å². The van der Waals surface area contributed by atoms with Crippen LogP contribution in [0.1, 0.15) is 86.3 Å². The molecule has 196 valence electrons. The zero-order valence-corrected chi connectivity index (χ0v) is 23.4. The molecule has 4 rings (SSSR count). The van der Waals surface area contributed by atoms with Crippen LogP contribution in [0.5, 0.6) is 11.6 Å². The maximum Gasteiger partial charge on any atom is 0.312 e. The maximum absolute atomic E-state index is 14.3. The monoisotopic (exact) mass is 514 g/mol. The molecule has 1 aromatic carbocycles. The normalized spacial score (nSPS) is 16.7. The summed E-state index contributed by atoms with van der Waals surface area (Å²) >= 11 is 0. The highest BCUT2D eigenvalue weighted by molar-refractivity contribution is 7.93. The molecule has 0 aliphatic carbocycles. The van der Waals surface area contributed by atoms with E-state index in [0.29, 0.717) is 35.7 Å². The van der Waals surface area contributed by atoms with E-state index in [4.69, 9.17) is 9.47 Å². The van der Waals surface area contributed by atoms with Crippen LogP contribution in [0.25, 0.3) is 0 Å². The number of aromatic nitrogens is 1. The first kappa shape index (κ1) is 26.5. The minimum atomic E-state index is -3.92. The number of nitrogens with zero attached hydrogens (tertiary/aromatic N) is 2. The molecule has 2 aromatic rings. The highest BCUT2D eigenvalue weighted by Crippen LogP contribution is 2.44. The van der Waals surface area contributed by atoms with E-state index in [1.54, 1.807) is 0 Å². The van der Waals surface area contributed by atoms with Crippen molar-refractivity contribution in [1.82, 2.24) is 4.98 Å². The summed E-state index contributed by atoms with van der Waals surface area (Å²) in [6.07, 6.45) is 4.94. The van der Waals surface area contributed by atoms with Gasteiger partial charge in [0.15, 0.2) is 0 Å². The second kappa shape index (κ2) is 9.69. The molecule has 0 fully saturated rings. The third-order valence-electron chi connectivity index (χ3n) is 7.43. The Morgan fingerprint density at radius 2 is 1.86 bits per heavy atom. The SMILES string of the molecule is CCCCC(=O)Oc1nc2c(cc1C)CCCN2S(=O)(=O)c1c(C)c(C)c2c(c1C)CCC(C)(C)O2. The fraction of sp³-hybridized carbons (Fsp3) is 0.571. The van der Waals surface area contributed by atoms with Crippen LogP contribution in [-0.4, -0.2) is 31.5 Å². The summed E-state index contributed by atoms with van der Waals surface area (Å²) in [6, 6.07) is 1.90. The van der Waals surface area contributed by atoms with Crippen molar-refractivity contribution >= 4 is 21.8 Å². The predicted molar refractivity (Wildman–Crippen MR) is 141 cm³/mol. The van der Waals surface area contributed by atoms with Gasteiger partial charge in [-0.15, -0.1) is 0 Å². The molecule has 7 nitrogen and oxygen atoms in total. The third-order valence-corrected chi connectivity index (χ3v) is 9.49. The van der Waals surface area contributed by atoms with Crippen molar-refractivity contribution in [2.24, 2.45) is 0 Å². The molecule has 0 spiro atoms. The van der Waals surface area contributed by atoms with Crippen LogP contribution < -0.4 is 13.8 Å². The fourth-order valence-electron chi connectivity index (χ4n) is 5.23. The fourth-order valence-corrected chi connectivity index (χ4v) is 7.25. The first-order valence-electron chi connectivity index (χ1n) is 12.9. The Bertz CT molecular complexity index is 1310. The van der Waals surface area contributed by atoms with Gasteiger partial charge in [0.25, 0.3) is 10.0 Å². The van der Waals surface area contributed by atoms with E-state index in [1.807, 2.05) is 40.7 Å². The minimum Gasteiger partial charge on any atom is -0.487 e. The zero-order chi connectivity index (χ0) is 26.4. The number of unbranched alkanes of at least 4 members (excludes halogenated alkanes) is 1. The average molecular weight is 515 g/mol. The molecule has 0 atom stereocenters. The molecule has 0 radical (unpaired) electrons. The van der Waals surface area contributed by atoms with E-state index >= 15 is 0 Å². The van der Waals surface area contributed by atoms with Crippen LogP contribution >= 0.6 is 0 Å². The number of hydrogen-bond acceptors (Lipinski definition) is 6. The summed E-state index contributed by atoms with van der Waals surface area (Å²) in [5.74, 6) is 1.01. The Kier molecular flexibility index (Phi) is 7.12. The summed E-state index contributed by atoms with van der Waals surface area (Å²) in [6.45, 7) is 14.0. The van der Waals surface area contributed by atoms with Gasteiger partial charge in [-0.2, -0.15) is 4.98 Å². The standard InChI is InChI=1S/C28H38N2O5S/c1-8-9-12-23(31)34-27-17(2)16-21-11-10-15-30(26(21)29-27)36(32,33)25-19(4)18(3)24-22(20(25)5)13-14-28(6,7)35-24/h16H,8-15H2,1-7H3. The van der Waals surface area contributed by atoms with E-state index in [9.17, 15) is 13.2 Å². The Hall–Kier alpha value is -2.61. The van der Waals surface area contributed by atoms with Gasteiger partial charge in [-0.05, 0) is 108 Å². The van der Waals surface area contributed by atoms with Crippen LogP contribution in [0.3, 0.4) is 0 Å². The second-order valence-corrected chi connectivity index (χ2v) is 12.5. The van der Waals surface area contributed by atoms with Gasteiger partial charge < -0.3 is 9.47 Å². The highest BCUT2D eigenvalue weighted by atomic mass is 32.2. The molecule has 0 bridgehead atoms. The van der Waals surface area contributed by atoms with Gasteiger partial charge in [-0.1, -0.05) is 13.3 Å². The largest absolute Gasteiger partial charge is 0.487 e. The number of carbonyl (C=O) groups is 1. The van der Waals surface area contributed by atoms with Crippen LogP contribution in [0, 0.1) is 27.7 Å². The van der Waals surface area contributed by atoms with Crippen molar-refractivity contribution in [3.8, 4) is 11.6 Å². The van der Waals surface area contributed by atoms with Crippen LogP contribution in [0.15, 0.2) is 11.0 Å². The number of anilines is 1. The molecule has 0 saturated carbocycles. The molecule has 1 aromatic heterocycles. The van der Waals surface area contributed by atoms with Gasteiger partial charge in [0.2, 0.25) is 5.88 Å². The van der Waals surface area contributed by atoms with Crippen molar-refractivity contribution in [3.63, 3.8) is 0 Å². The number of rotatable bonds is 6.